The third kappa shape index (κ3) is 5.89. The van der Waals surface area contributed by atoms with E-state index in [-0.39, 0.29) is 16.8 Å². The SMILES string of the molecule is CCCCOc1ccc(-c2[nH]c(=O)c(C(=O)Nc3ccc(OC)cc3)c(-c3ccc(C)cc3)c2F)cc1. The first-order chi connectivity index (χ1) is 17.9. The van der Waals surface area contributed by atoms with E-state index in [1.807, 2.05) is 19.1 Å². The maximum absolute atomic E-state index is 16.1. The number of methoxy groups -OCH3 is 1. The summed E-state index contributed by atoms with van der Waals surface area (Å²) >= 11 is 0. The highest BCUT2D eigenvalue weighted by atomic mass is 19.1. The van der Waals surface area contributed by atoms with Crippen molar-refractivity contribution in [1.29, 1.82) is 0 Å². The molecule has 0 aliphatic rings. The van der Waals surface area contributed by atoms with Crippen LogP contribution in [0.2, 0.25) is 0 Å². The van der Waals surface area contributed by atoms with E-state index < -0.39 is 17.3 Å². The second-order valence-electron chi connectivity index (χ2n) is 8.67. The van der Waals surface area contributed by atoms with Gasteiger partial charge in [-0.1, -0.05) is 43.2 Å². The van der Waals surface area contributed by atoms with Crippen molar-refractivity contribution in [3.8, 4) is 33.9 Å². The lowest BCUT2D eigenvalue weighted by atomic mass is 9.96. The molecule has 1 amide bonds. The molecule has 0 aliphatic heterocycles. The van der Waals surface area contributed by atoms with Gasteiger partial charge in [0.1, 0.15) is 17.1 Å². The molecule has 0 saturated carbocycles. The summed E-state index contributed by atoms with van der Waals surface area (Å²) in [5.74, 6) is -0.127. The van der Waals surface area contributed by atoms with E-state index in [9.17, 15) is 9.59 Å². The highest BCUT2D eigenvalue weighted by Crippen LogP contribution is 2.32. The molecule has 0 spiro atoms. The van der Waals surface area contributed by atoms with E-state index in [1.54, 1.807) is 67.8 Å². The number of rotatable bonds is 9. The van der Waals surface area contributed by atoms with Crippen LogP contribution in [0, 0.1) is 12.7 Å². The van der Waals surface area contributed by atoms with Crippen LogP contribution in [-0.2, 0) is 0 Å². The maximum atomic E-state index is 16.1. The van der Waals surface area contributed by atoms with Crippen molar-refractivity contribution < 1.29 is 18.7 Å². The minimum atomic E-state index is -0.716. The van der Waals surface area contributed by atoms with Crippen LogP contribution in [0.4, 0.5) is 10.1 Å². The number of H-pyrrole nitrogens is 1. The molecule has 0 fully saturated rings. The van der Waals surface area contributed by atoms with E-state index in [2.05, 4.69) is 17.2 Å². The van der Waals surface area contributed by atoms with Crippen molar-refractivity contribution >= 4 is 11.6 Å². The molecule has 3 aromatic carbocycles. The van der Waals surface area contributed by atoms with Crippen molar-refractivity contribution in [1.82, 2.24) is 4.98 Å². The second kappa shape index (κ2) is 11.6. The largest absolute Gasteiger partial charge is 0.497 e. The second-order valence-corrected chi connectivity index (χ2v) is 8.67. The first-order valence-electron chi connectivity index (χ1n) is 12.1. The third-order valence-electron chi connectivity index (χ3n) is 5.98. The predicted molar refractivity (Wildman–Crippen MR) is 144 cm³/mol. The number of aryl methyl sites for hydroxylation is 1. The van der Waals surface area contributed by atoms with Crippen molar-refractivity contribution in [2.24, 2.45) is 0 Å². The number of ether oxygens (including phenoxy) is 2. The number of carbonyl (C=O) groups is 1. The van der Waals surface area contributed by atoms with Crippen LogP contribution in [0.1, 0.15) is 35.7 Å². The number of anilines is 1. The van der Waals surface area contributed by atoms with Gasteiger partial charge in [0.25, 0.3) is 11.5 Å². The molecular weight excluding hydrogens is 471 g/mol. The number of halogens is 1. The molecule has 0 radical (unpaired) electrons. The topological polar surface area (TPSA) is 80.4 Å². The van der Waals surface area contributed by atoms with Gasteiger partial charge in [-0.15, -0.1) is 0 Å². The van der Waals surface area contributed by atoms with Crippen LogP contribution in [0.3, 0.4) is 0 Å². The highest BCUT2D eigenvalue weighted by Gasteiger charge is 2.25. The van der Waals surface area contributed by atoms with Crippen LogP contribution in [0.5, 0.6) is 11.5 Å². The molecule has 2 N–H and O–H groups in total. The van der Waals surface area contributed by atoms with Gasteiger partial charge in [0.05, 0.1) is 19.4 Å². The first kappa shape index (κ1) is 25.7. The average molecular weight is 501 g/mol. The van der Waals surface area contributed by atoms with E-state index in [1.165, 1.54) is 0 Å². The fraction of sp³-hybridized carbons (Fsp3) is 0.200. The smallest absolute Gasteiger partial charge is 0.262 e. The van der Waals surface area contributed by atoms with Gasteiger partial charge in [-0.05, 0) is 67.4 Å². The molecule has 0 saturated heterocycles. The quantitative estimate of drug-likeness (QED) is 0.254. The average Bonchev–Trinajstić information content (AvgIpc) is 2.91. The Morgan fingerprint density at radius 1 is 0.919 bits per heavy atom. The Labute approximate surface area is 215 Å². The zero-order valence-corrected chi connectivity index (χ0v) is 21.1. The minimum absolute atomic E-state index is 0.00156. The summed E-state index contributed by atoms with van der Waals surface area (Å²) in [4.78, 5) is 29.1. The Bertz CT molecular complexity index is 1430. The monoisotopic (exact) mass is 500 g/mol. The molecular formula is C30H29FN2O4. The van der Waals surface area contributed by atoms with Crippen LogP contribution >= 0.6 is 0 Å². The number of nitrogens with one attached hydrogen (secondary N) is 2. The lowest BCUT2D eigenvalue weighted by Crippen LogP contribution is -2.26. The molecule has 4 rings (SSSR count). The summed E-state index contributed by atoms with van der Waals surface area (Å²) in [7, 11) is 1.54. The number of hydrogen-bond acceptors (Lipinski definition) is 4. The van der Waals surface area contributed by atoms with Gasteiger partial charge in [-0.2, -0.15) is 0 Å². The van der Waals surface area contributed by atoms with E-state index in [4.69, 9.17) is 9.47 Å². The standard InChI is InChI=1S/C30H29FN2O4/c1-4-5-18-37-24-14-10-21(11-15-24)28-27(31)25(20-8-6-19(2)7-9-20)26(30(35)33-28)29(34)32-22-12-16-23(36-3)17-13-22/h6-17H,4-5,18H2,1-3H3,(H,32,34)(H,33,35). The summed E-state index contributed by atoms with van der Waals surface area (Å²) in [6.45, 7) is 4.58. The van der Waals surface area contributed by atoms with Crippen molar-refractivity contribution in [2.75, 3.05) is 19.0 Å². The van der Waals surface area contributed by atoms with Crippen molar-refractivity contribution in [3.63, 3.8) is 0 Å². The Morgan fingerprint density at radius 3 is 2.16 bits per heavy atom. The number of benzene rings is 3. The first-order valence-corrected chi connectivity index (χ1v) is 12.1. The Balaban J connectivity index is 1.77. The minimum Gasteiger partial charge on any atom is -0.497 e. The third-order valence-corrected chi connectivity index (χ3v) is 5.98. The van der Waals surface area contributed by atoms with Crippen LogP contribution in [0.25, 0.3) is 22.4 Å². The van der Waals surface area contributed by atoms with E-state index in [0.717, 1.165) is 18.4 Å². The number of pyridine rings is 1. The summed E-state index contributed by atoms with van der Waals surface area (Å²) in [6, 6.07) is 20.5. The van der Waals surface area contributed by atoms with Gasteiger partial charge in [0.2, 0.25) is 0 Å². The van der Waals surface area contributed by atoms with Gasteiger partial charge in [-0.25, -0.2) is 4.39 Å². The Morgan fingerprint density at radius 2 is 1.54 bits per heavy atom. The molecule has 0 aliphatic carbocycles. The van der Waals surface area contributed by atoms with Gasteiger partial charge in [0, 0.05) is 16.8 Å². The number of amides is 1. The van der Waals surface area contributed by atoms with Crippen molar-refractivity contribution in [3.05, 3.63) is 100 Å². The molecule has 1 heterocycles. The molecule has 6 nitrogen and oxygen atoms in total. The summed E-state index contributed by atoms with van der Waals surface area (Å²) in [5, 5.41) is 2.69. The molecule has 37 heavy (non-hydrogen) atoms. The fourth-order valence-electron chi connectivity index (χ4n) is 3.91. The van der Waals surface area contributed by atoms with E-state index in [0.29, 0.717) is 34.9 Å². The Hall–Kier alpha value is -4.39. The normalized spacial score (nSPS) is 10.7. The lowest BCUT2D eigenvalue weighted by molar-refractivity contribution is 0.102. The number of unbranched alkanes of at least 4 members (excludes halogenated alkanes) is 1. The molecule has 0 atom stereocenters. The molecule has 1 aromatic heterocycles. The maximum Gasteiger partial charge on any atom is 0.262 e. The summed E-state index contributed by atoms with van der Waals surface area (Å²) in [6.07, 6.45) is 1.95. The molecule has 4 aromatic rings. The predicted octanol–water partition coefficient (Wildman–Crippen LogP) is 6.60. The van der Waals surface area contributed by atoms with Crippen molar-refractivity contribution in [2.45, 2.75) is 26.7 Å². The number of aromatic nitrogens is 1. The van der Waals surface area contributed by atoms with Gasteiger partial charge in [-0.3, -0.25) is 9.59 Å². The molecule has 7 heteroatoms. The number of hydrogen-bond donors (Lipinski definition) is 2. The Kier molecular flexibility index (Phi) is 8.03. The zero-order valence-electron chi connectivity index (χ0n) is 21.1. The van der Waals surface area contributed by atoms with E-state index >= 15 is 4.39 Å². The number of aromatic amines is 1. The molecule has 0 bridgehead atoms. The fourth-order valence-corrected chi connectivity index (χ4v) is 3.91. The number of carbonyl (C=O) groups excluding carboxylic acids is 1. The molecule has 0 unspecified atom stereocenters. The molecule has 190 valence electrons. The van der Waals surface area contributed by atoms with Crippen LogP contribution in [0.15, 0.2) is 77.6 Å². The van der Waals surface area contributed by atoms with Crippen LogP contribution < -0.4 is 20.3 Å². The lowest BCUT2D eigenvalue weighted by Gasteiger charge is -2.15. The van der Waals surface area contributed by atoms with Gasteiger partial charge < -0.3 is 19.8 Å². The zero-order chi connectivity index (χ0) is 26.4. The van der Waals surface area contributed by atoms with Gasteiger partial charge in [0.15, 0.2) is 5.82 Å². The summed E-state index contributed by atoms with van der Waals surface area (Å²) < 4.78 is 27.0. The van der Waals surface area contributed by atoms with Gasteiger partial charge >= 0.3 is 0 Å². The van der Waals surface area contributed by atoms with Crippen LogP contribution in [-0.4, -0.2) is 24.6 Å². The summed E-state index contributed by atoms with van der Waals surface area (Å²) in [5.41, 5.74) is 1.25. The highest BCUT2D eigenvalue weighted by molar-refractivity contribution is 6.09.